The van der Waals surface area contributed by atoms with Crippen molar-refractivity contribution >= 4 is 5.91 Å². The number of carbonyl (C=O) groups is 1. The number of aliphatic hydroxyl groups is 1. The molecule has 0 aliphatic carbocycles. The summed E-state index contributed by atoms with van der Waals surface area (Å²) in [6.07, 6.45) is 5.67. The van der Waals surface area contributed by atoms with Crippen molar-refractivity contribution in [1.82, 2.24) is 9.47 Å². The second-order valence-corrected chi connectivity index (χ2v) is 4.68. The number of rotatable bonds is 4. The Hall–Kier alpha value is -1.33. The third-order valence-electron chi connectivity index (χ3n) is 3.19. The van der Waals surface area contributed by atoms with Crippen molar-refractivity contribution < 1.29 is 14.6 Å². The first-order valence-electron chi connectivity index (χ1n) is 6.34. The van der Waals surface area contributed by atoms with Crippen molar-refractivity contribution in [3.8, 4) is 0 Å². The zero-order valence-electron chi connectivity index (χ0n) is 10.7. The van der Waals surface area contributed by atoms with Crippen LogP contribution in [0.15, 0.2) is 18.5 Å². The van der Waals surface area contributed by atoms with Crippen LogP contribution in [0.25, 0.3) is 0 Å². The van der Waals surface area contributed by atoms with Gasteiger partial charge in [-0.05, 0) is 18.9 Å². The van der Waals surface area contributed by atoms with Gasteiger partial charge in [0.25, 0.3) is 5.91 Å². The topological polar surface area (TPSA) is 54.7 Å². The molecule has 18 heavy (non-hydrogen) atoms. The molecule has 1 fully saturated rings. The maximum atomic E-state index is 12.2. The smallest absolute Gasteiger partial charge is 0.255 e. The van der Waals surface area contributed by atoms with Crippen molar-refractivity contribution in [2.45, 2.75) is 18.9 Å². The van der Waals surface area contributed by atoms with Crippen molar-refractivity contribution in [3.63, 3.8) is 0 Å². The molecule has 1 aromatic rings. The Morgan fingerprint density at radius 1 is 1.61 bits per heavy atom. The van der Waals surface area contributed by atoms with Gasteiger partial charge in [-0.25, -0.2) is 0 Å². The lowest BCUT2D eigenvalue weighted by Gasteiger charge is -2.32. The molecule has 1 N–H and O–H groups in total. The van der Waals surface area contributed by atoms with E-state index in [1.165, 1.54) is 0 Å². The van der Waals surface area contributed by atoms with Crippen LogP contribution in [0.1, 0.15) is 23.2 Å². The lowest BCUT2D eigenvalue weighted by molar-refractivity contribution is -0.0110. The first-order chi connectivity index (χ1) is 8.70. The molecule has 1 aromatic heterocycles. The van der Waals surface area contributed by atoms with Crippen LogP contribution in [0, 0.1) is 0 Å². The summed E-state index contributed by atoms with van der Waals surface area (Å²) in [6.45, 7) is 1.78. The number of carbonyl (C=O) groups excluding carboxylic acids is 1. The number of aromatic nitrogens is 1. The van der Waals surface area contributed by atoms with Crippen molar-refractivity contribution in [2.24, 2.45) is 7.05 Å². The van der Waals surface area contributed by atoms with Crippen molar-refractivity contribution in [3.05, 3.63) is 24.0 Å². The number of nitrogens with zero attached hydrogens (tertiary/aromatic N) is 2. The second kappa shape index (κ2) is 6.02. The minimum absolute atomic E-state index is 0.0309. The summed E-state index contributed by atoms with van der Waals surface area (Å²) in [5.41, 5.74) is 0.723. The second-order valence-electron chi connectivity index (χ2n) is 4.68. The van der Waals surface area contributed by atoms with E-state index in [-0.39, 0.29) is 18.6 Å². The van der Waals surface area contributed by atoms with Gasteiger partial charge in [0, 0.05) is 32.5 Å². The minimum atomic E-state index is 0.0309. The molecular formula is C13H20N2O3. The molecular weight excluding hydrogens is 232 g/mol. The number of aryl methyl sites for hydroxylation is 1. The average Bonchev–Trinajstić information content (AvgIpc) is 2.82. The van der Waals surface area contributed by atoms with Crippen LogP contribution in [0.3, 0.4) is 0 Å². The van der Waals surface area contributed by atoms with Crippen molar-refractivity contribution in [1.29, 1.82) is 0 Å². The Morgan fingerprint density at radius 3 is 3.11 bits per heavy atom. The molecule has 0 bridgehead atoms. The van der Waals surface area contributed by atoms with E-state index in [9.17, 15) is 4.79 Å². The molecule has 0 radical (unpaired) electrons. The van der Waals surface area contributed by atoms with Crippen LogP contribution in [0.4, 0.5) is 0 Å². The molecule has 0 saturated carbocycles. The van der Waals surface area contributed by atoms with Gasteiger partial charge in [0.2, 0.25) is 0 Å². The SMILES string of the molecule is Cn1ccc(C(=O)N2CCCC(OCCO)C2)c1. The molecule has 5 heteroatoms. The highest BCUT2D eigenvalue weighted by molar-refractivity contribution is 5.94. The van der Waals surface area contributed by atoms with E-state index in [0.717, 1.165) is 24.9 Å². The van der Waals surface area contributed by atoms with E-state index in [4.69, 9.17) is 9.84 Å². The highest BCUT2D eigenvalue weighted by atomic mass is 16.5. The fourth-order valence-electron chi connectivity index (χ4n) is 2.29. The van der Waals surface area contributed by atoms with Gasteiger partial charge in [0.1, 0.15) is 0 Å². The van der Waals surface area contributed by atoms with Gasteiger partial charge < -0.3 is 19.3 Å². The van der Waals surface area contributed by atoms with Gasteiger partial charge >= 0.3 is 0 Å². The maximum absolute atomic E-state index is 12.2. The number of piperidine rings is 1. The van der Waals surface area contributed by atoms with Gasteiger partial charge in [-0.1, -0.05) is 0 Å². The molecule has 1 amide bonds. The number of ether oxygens (including phenoxy) is 1. The lowest BCUT2D eigenvalue weighted by atomic mass is 10.1. The Kier molecular flexibility index (Phi) is 4.38. The van der Waals surface area contributed by atoms with Crippen LogP contribution >= 0.6 is 0 Å². The van der Waals surface area contributed by atoms with Gasteiger partial charge in [-0.3, -0.25) is 4.79 Å². The predicted molar refractivity (Wildman–Crippen MR) is 67.4 cm³/mol. The summed E-state index contributed by atoms with van der Waals surface area (Å²) in [6, 6.07) is 1.83. The number of hydrogen-bond donors (Lipinski definition) is 1. The fourth-order valence-corrected chi connectivity index (χ4v) is 2.29. The summed E-state index contributed by atoms with van der Waals surface area (Å²) in [4.78, 5) is 14.1. The van der Waals surface area contributed by atoms with E-state index >= 15 is 0 Å². The largest absolute Gasteiger partial charge is 0.394 e. The Bertz CT molecular complexity index is 403. The Balaban J connectivity index is 1.94. The molecule has 100 valence electrons. The summed E-state index contributed by atoms with van der Waals surface area (Å²) in [7, 11) is 1.90. The molecule has 0 spiro atoms. The molecule has 2 heterocycles. The zero-order valence-corrected chi connectivity index (χ0v) is 10.7. The third kappa shape index (κ3) is 3.11. The minimum Gasteiger partial charge on any atom is -0.394 e. The van der Waals surface area contributed by atoms with E-state index in [1.54, 1.807) is 0 Å². The van der Waals surface area contributed by atoms with E-state index < -0.39 is 0 Å². The Morgan fingerprint density at radius 2 is 2.44 bits per heavy atom. The summed E-state index contributed by atoms with van der Waals surface area (Å²) >= 11 is 0. The number of hydrogen-bond acceptors (Lipinski definition) is 3. The normalized spacial score (nSPS) is 20.1. The molecule has 1 unspecified atom stereocenters. The number of amides is 1. The molecule has 0 aromatic carbocycles. The monoisotopic (exact) mass is 252 g/mol. The van der Waals surface area contributed by atoms with Crippen LogP contribution in [-0.4, -0.2) is 52.9 Å². The number of aliphatic hydroxyl groups excluding tert-OH is 1. The highest BCUT2D eigenvalue weighted by Crippen LogP contribution is 2.16. The van der Waals surface area contributed by atoms with E-state index in [0.29, 0.717) is 13.2 Å². The lowest BCUT2D eigenvalue weighted by Crippen LogP contribution is -2.43. The van der Waals surface area contributed by atoms with Crippen LogP contribution in [0.5, 0.6) is 0 Å². The quantitative estimate of drug-likeness (QED) is 0.855. The molecule has 1 aliphatic heterocycles. The van der Waals surface area contributed by atoms with Crippen LogP contribution < -0.4 is 0 Å². The molecule has 5 nitrogen and oxygen atoms in total. The van der Waals surface area contributed by atoms with E-state index in [1.807, 2.05) is 35.0 Å². The average molecular weight is 252 g/mol. The van der Waals surface area contributed by atoms with Gasteiger partial charge in [0.15, 0.2) is 0 Å². The summed E-state index contributed by atoms with van der Waals surface area (Å²) in [5.74, 6) is 0.0629. The molecule has 1 atom stereocenters. The summed E-state index contributed by atoms with van der Waals surface area (Å²) in [5, 5.41) is 8.74. The summed E-state index contributed by atoms with van der Waals surface area (Å²) < 4.78 is 7.38. The van der Waals surface area contributed by atoms with Crippen LogP contribution in [0.2, 0.25) is 0 Å². The first-order valence-corrected chi connectivity index (χ1v) is 6.34. The molecule has 1 saturated heterocycles. The maximum Gasteiger partial charge on any atom is 0.255 e. The Labute approximate surface area is 107 Å². The third-order valence-corrected chi connectivity index (χ3v) is 3.19. The fraction of sp³-hybridized carbons (Fsp3) is 0.615. The van der Waals surface area contributed by atoms with E-state index in [2.05, 4.69) is 0 Å². The highest BCUT2D eigenvalue weighted by Gasteiger charge is 2.25. The number of likely N-dealkylation sites (tertiary alicyclic amines) is 1. The zero-order chi connectivity index (χ0) is 13.0. The van der Waals surface area contributed by atoms with Gasteiger partial charge in [0.05, 0.1) is 24.9 Å². The van der Waals surface area contributed by atoms with Crippen molar-refractivity contribution in [2.75, 3.05) is 26.3 Å². The molecule has 2 rings (SSSR count). The molecule has 1 aliphatic rings. The predicted octanol–water partition coefficient (Wildman–Crippen LogP) is 0.639. The van der Waals surface area contributed by atoms with Gasteiger partial charge in [-0.2, -0.15) is 0 Å². The standard InChI is InChI=1S/C13H20N2O3/c1-14-6-4-11(9-14)13(17)15-5-2-3-12(10-15)18-8-7-16/h4,6,9,12,16H,2-3,5,7-8,10H2,1H3. The van der Waals surface area contributed by atoms with Gasteiger partial charge in [-0.15, -0.1) is 0 Å². The first kappa shape index (κ1) is 13.1. The van der Waals surface area contributed by atoms with Crippen LogP contribution in [-0.2, 0) is 11.8 Å².